The van der Waals surface area contributed by atoms with Crippen LogP contribution < -0.4 is 9.47 Å². The van der Waals surface area contributed by atoms with Gasteiger partial charge in [0.2, 0.25) is 5.92 Å². The fourth-order valence-electron chi connectivity index (χ4n) is 2.08. The number of ether oxygens (including phenoxy) is 4. The van der Waals surface area contributed by atoms with Gasteiger partial charge in [0.1, 0.15) is 11.5 Å². The van der Waals surface area contributed by atoms with E-state index in [2.05, 4.69) is 0 Å². The van der Waals surface area contributed by atoms with Crippen molar-refractivity contribution in [1.29, 1.82) is 0 Å². The molecule has 7 nitrogen and oxygen atoms in total. The molecule has 0 saturated carbocycles. The summed E-state index contributed by atoms with van der Waals surface area (Å²) >= 11 is 0. The number of hydrogen-bond acceptors (Lipinski definition) is 7. The van der Waals surface area contributed by atoms with Crippen LogP contribution in [0.3, 0.4) is 0 Å². The minimum absolute atomic E-state index is 0.0645. The highest BCUT2D eigenvalue weighted by Crippen LogP contribution is 2.23. The van der Waals surface area contributed by atoms with Crippen molar-refractivity contribution in [3.05, 3.63) is 23.8 Å². The van der Waals surface area contributed by atoms with Gasteiger partial charge in [0.15, 0.2) is 5.78 Å². The predicted octanol–water partition coefficient (Wildman–Crippen LogP) is 1.56. The van der Waals surface area contributed by atoms with Crippen molar-refractivity contribution in [1.82, 2.24) is 0 Å². The van der Waals surface area contributed by atoms with Crippen molar-refractivity contribution in [3.8, 4) is 11.5 Å². The van der Waals surface area contributed by atoms with E-state index in [1.54, 1.807) is 32.0 Å². The number of carbonyl (C=O) groups excluding carboxylic acids is 3. The third-order valence-corrected chi connectivity index (χ3v) is 3.16. The fourth-order valence-corrected chi connectivity index (χ4v) is 2.08. The highest BCUT2D eigenvalue weighted by molar-refractivity contribution is 6.15. The van der Waals surface area contributed by atoms with E-state index >= 15 is 0 Å². The van der Waals surface area contributed by atoms with Gasteiger partial charge in [0, 0.05) is 12.5 Å². The minimum Gasteiger partial charge on any atom is -0.497 e. The average molecular weight is 338 g/mol. The van der Waals surface area contributed by atoms with E-state index in [4.69, 9.17) is 18.9 Å². The van der Waals surface area contributed by atoms with Gasteiger partial charge in [-0.3, -0.25) is 14.4 Å². The molecular weight excluding hydrogens is 316 g/mol. The Morgan fingerprint density at radius 1 is 0.875 bits per heavy atom. The average Bonchev–Trinajstić information content (AvgIpc) is 2.55. The van der Waals surface area contributed by atoms with Crippen LogP contribution >= 0.6 is 0 Å². The lowest BCUT2D eigenvalue weighted by Crippen LogP contribution is -2.35. The number of benzene rings is 1. The van der Waals surface area contributed by atoms with E-state index in [0.29, 0.717) is 17.1 Å². The van der Waals surface area contributed by atoms with Crippen LogP contribution in [-0.2, 0) is 30.3 Å². The summed E-state index contributed by atoms with van der Waals surface area (Å²) in [7, 11) is 2.97. The lowest BCUT2D eigenvalue weighted by Gasteiger charge is -2.14. The Labute approximate surface area is 140 Å². The van der Waals surface area contributed by atoms with Crippen LogP contribution in [0.5, 0.6) is 11.5 Å². The molecular formula is C17H22O7. The van der Waals surface area contributed by atoms with Crippen molar-refractivity contribution in [2.45, 2.75) is 20.3 Å². The van der Waals surface area contributed by atoms with E-state index in [-0.39, 0.29) is 19.6 Å². The summed E-state index contributed by atoms with van der Waals surface area (Å²) in [5, 5.41) is 0. The molecule has 0 heterocycles. The molecule has 0 aliphatic rings. The molecule has 24 heavy (non-hydrogen) atoms. The van der Waals surface area contributed by atoms with Gasteiger partial charge in [0.25, 0.3) is 0 Å². The van der Waals surface area contributed by atoms with Crippen LogP contribution in [0.25, 0.3) is 0 Å². The molecule has 0 aromatic heterocycles. The lowest BCUT2D eigenvalue weighted by molar-refractivity contribution is -0.163. The molecule has 0 N–H and O–H groups in total. The lowest BCUT2D eigenvalue weighted by atomic mass is 9.97. The summed E-state index contributed by atoms with van der Waals surface area (Å²) < 4.78 is 19.9. The Bertz CT molecular complexity index is 554. The van der Waals surface area contributed by atoms with Crippen molar-refractivity contribution in [3.63, 3.8) is 0 Å². The maximum absolute atomic E-state index is 12.5. The first-order chi connectivity index (χ1) is 11.5. The summed E-state index contributed by atoms with van der Waals surface area (Å²) in [6.07, 6.45) is -0.157. The second-order valence-corrected chi connectivity index (χ2v) is 4.80. The highest BCUT2D eigenvalue weighted by atomic mass is 16.6. The van der Waals surface area contributed by atoms with Crippen LogP contribution in [0.4, 0.5) is 0 Å². The summed E-state index contributed by atoms with van der Waals surface area (Å²) in [4.78, 5) is 36.3. The number of carbonyl (C=O) groups is 3. The molecule has 0 aliphatic carbocycles. The molecule has 0 atom stereocenters. The molecule has 0 radical (unpaired) electrons. The maximum atomic E-state index is 12.5. The van der Waals surface area contributed by atoms with Crippen LogP contribution in [0, 0.1) is 5.92 Å². The van der Waals surface area contributed by atoms with E-state index in [1.165, 1.54) is 14.2 Å². The zero-order valence-electron chi connectivity index (χ0n) is 14.3. The number of rotatable bonds is 9. The van der Waals surface area contributed by atoms with Gasteiger partial charge in [-0.05, 0) is 31.5 Å². The van der Waals surface area contributed by atoms with Crippen LogP contribution in [0.2, 0.25) is 0 Å². The summed E-state index contributed by atoms with van der Waals surface area (Å²) in [5.41, 5.74) is 0.551. The first kappa shape index (κ1) is 19.5. The zero-order chi connectivity index (χ0) is 18.1. The van der Waals surface area contributed by atoms with E-state index < -0.39 is 23.6 Å². The Balaban J connectivity index is 3.02. The van der Waals surface area contributed by atoms with Crippen molar-refractivity contribution >= 4 is 17.7 Å². The Morgan fingerprint density at radius 3 is 1.71 bits per heavy atom. The predicted molar refractivity (Wildman–Crippen MR) is 85.0 cm³/mol. The van der Waals surface area contributed by atoms with Crippen molar-refractivity contribution < 1.29 is 33.3 Å². The molecule has 0 saturated heterocycles. The molecule has 1 rings (SSSR count). The quantitative estimate of drug-likeness (QED) is 0.499. The van der Waals surface area contributed by atoms with Gasteiger partial charge in [0.05, 0.1) is 27.4 Å². The number of ketones is 1. The van der Waals surface area contributed by atoms with Gasteiger partial charge in [-0.15, -0.1) is 0 Å². The number of methoxy groups -OCH3 is 2. The molecule has 0 unspecified atom stereocenters. The maximum Gasteiger partial charge on any atom is 0.328 e. The fraction of sp³-hybridized carbons (Fsp3) is 0.471. The first-order valence-electron chi connectivity index (χ1n) is 7.54. The van der Waals surface area contributed by atoms with E-state index in [9.17, 15) is 14.4 Å². The highest BCUT2D eigenvalue weighted by Gasteiger charge is 2.36. The largest absolute Gasteiger partial charge is 0.497 e. The first-order valence-corrected chi connectivity index (χ1v) is 7.54. The Kier molecular flexibility index (Phi) is 7.74. The molecule has 132 valence electrons. The molecule has 1 aromatic rings. The third-order valence-electron chi connectivity index (χ3n) is 3.16. The summed E-state index contributed by atoms with van der Waals surface area (Å²) in [6, 6.07) is 4.92. The Morgan fingerprint density at radius 2 is 1.33 bits per heavy atom. The Hall–Kier alpha value is -2.57. The second kappa shape index (κ2) is 9.54. The van der Waals surface area contributed by atoms with Gasteiger partial charge in [-0.25, -0.2) is 0 Å². The molecule has 0 aliphatic heterocycles. The number of Topliss-reactive ketones (excluding diaryl/α,β-unsaturated/α-hetero) is 1. The zero-order valence-corrected chi connectivity index (χ0v) is 14.3. The van der Waals surface area contributed by atoms with Gasteiger partial charge in [-0.1, -0.05) is 0 Å². The van der Waals surface area contributed by atoms with Gasteiger partial charge >= 0.3 is 11.9 Å². The monoisotopic (exact) mass is 338 g/mol. The van der Waals surface area contributed by atoms with Crippen LogP contribution in [0.15, 0.2) is 18.2 Å². The summed E-state index contributed by atoms with van der Waals surface area (Å²) in [5.74, 6) is -3.02. The topological polar surface area (TPSA) is 88.1 Å². The third kappa shape index (κ3) is 5.26. The molecule has 0 fully saturated rings. The van der Waals surface area contributed by atoms with E-state index in [1.807, 2.05) is 0 Å². The number of hydrogen-bond donors (Lipinski definition) is 0. The molecule has 1 aromatic carbocycles. The van der Waals surface area contributed by atoms with Gasteiger partial charge < -0.3 is 18.9 Å². The number of esters is 2. The SMILES string of the molecule is CCOC(=O)C(C(=O)Cc1cc(OC)cc(OC)c1)C(=O)OCC. The second-order valence-electron chi connectivity index (χ2n) is 4.80. The molecule has 7 heteroatoms. The van der Waals surface area contributed by atoms with E-state index in [0.717, 1.165) is 0 Å². The van der Waals surface area contributed by atoms with Crippen LogP contribution in [-0.4, -0.2) is 45.2 Å². The smallest absolute Gasteiger partial charge is 0.328 e. The van der Waals surface area contributed by atoms with Gasteiger partial charge in [-0.2, -0.15) is 0 Å². The standard InChI is InChI=1S/C17H22O7/c1-5-23-16(19)15(17(20)24-6-2)14(18)9-11-7-12(21-3)10-13(8-11)22-4/h7-8,10,15H,5-6,9H2,1-4H3. The minimum atomic E-state index is -1.60. The summed E-state index contributed by atoms with van der Waals surface area (Å²) in [6.45, 7) is 3.32. The van der Waals surface area contributed by atoms with Crippen molar-refractivity contribution in [2.24, 2.45) is 5.92 Å². The molecule has 0 spiro atoms. The molecule has 0 bridgehead atoms. The normalized spacial score (nSPS) is 10.2. The molecule has 0 amide bonds. The van der Waals surface area contributed by atoms with Crippen LogP contribution in [0.1, 0.15) is 19.4 Å². The van der Waals surface area contributed by atoms with Crippen molar-refractivity contribution in [2.75, 3.05) is 27.4 Å².